The summed E-state index contributed by atoms with van der Waals surface area (Å²) in [7, 11) is 0. The maximum absolute atomic E-state index is 12.5. The molecule has 1 saturated carbocycles. The Morgan fingerprint density at radius 3 is 2.76 bits per heavy atom. The average Bonchev–Trinajstić information content (AvgIpc) is 3.49. The average molecular weight is 460 g/mol. The maximum Gasteiger partial charge on any atom is 0.250 e. The van der Waals surface area contributed by atoms with E-state index in [1.807, 2.05) is 61.0 Å². The van der Waals surface area contributed by atoms with E-state index in [1.54, 1.807) is 12.3 Å². The molecule has 0 spiro atoms. The second-order valence-electron chi connectivity index (χ2n) is 9.42. The lowest BCUT2D eigenvalue weighted by Gasteiger charge is -2.15. The summed E-state index contributed by atoms with van der Waals surface area (Å²) in [6.07, 6.45) is 6.86. The lowest BCUT2D eigenvalue weighted by atomic mass is 10.0. The van der Waals surface area contributed by atoms with Crippen molar-refractivity contribution < 1.29 is 7.38 Å². The Kier molecular flexibility index (Phi) is 5.87. The van der Waals surface area contributed by atoms with Gasteiger partial charge in [0.1, 0.15) is 11.4 Å². The van der Waals surface area contributed by atoms with E-state index >= 15 is 0 Å². The number of pyridine rings is 1. The number of aryl methyl sites for hydroxylation is 1. The van der Waals surface area contributed by atoms with Crippen LogP contribution < -0.4 is 11.3 Å². The van der Waals surface area contributed by atoms with Crippen molar-refractivity contribution in [1.29, 1.82) is 0 Å². The van der Waals surface area contributed by atoms with Gasteiger partial charge in [0, 0.05) is 44.4 Å². The number of nitrogens with two attached hydrogens (primary N) is 1. The van der Waals surface area contributed by atoms with Gasteiger partial charge >= 0.3 is 0 Å². The third kappa shape index (κ3) is 4.31. The highest BCUT2D eigenvalue weighted by Gasteiger charge is 2.24. The van der Waals surface area contributed by atoms with E-state index in [0.717, 1.165) is 41.6 Å². The quantitative estimate of drug-likeness (QED) is 0.404. The van der Waals surface area contributed by atoms with Gasteiger partial charge in [-0.3, -0.25) is 9.78 Å². The molecule has 7 heteroatoms. The second-order valence-corrected chi connectivity index (χ2v) is 9.42. The molecule has 3 heterocycles. The normalized spacial score (nSPS) is 18.8. The standard InChI is InChI=1S/C27H29N5O2.2H2/c1-16-7-9-22(11-16)32-15-21(8-10-26(32)33)24-14-29-18(3)27(30-24)25-13-23(31-34-25)20-6-4-5-19(12-20)17(2)28;;/h4-6,8,10,12-17,22H,7,9,11,28H2,1-3H3;2*1H. The van der Waals surface area contributed by atoms with E-state index in [-0.39, 0.29) is 20.5 Å². The van der Waals surface area contributed by atoms with Crippen LogP contribution in [-0.2, 0) is 0 Å². The van der Waals surface area contributed by atoms with Crippen LogP contribution in [0.3, 0.4) is 0 Å². The minimum absolute atomic E-state index is 0. The fourth-order valence-electron chi connectivity index (χ4n) is 4.70. The summed E-state index contributed by atoms with van der Waals surface area (Å²) in [5, 5.41) is 4.26. The molecule has 1 aliphatic carbocycles. The van der Waals surface area contributed by atoms with Gasteiger partial charge in [-0.2, -0.15) is 0 Å². The number of rotatable bonds is 5. The highest BCUT2D eigenvalue weighted by atomic mass is 16.5. The van der Waals surface area contributed by atoms with Crippen LogP contribution in [0.25, 0.3) is 34.0 Å². The zero-order chi connectivity index (χ0) is 23.8. The third-order valence-electron chi connectivity index (χ3n) is 6.70. The predicted molar refractivity (Wildman–Crippen MR) is 136 cm³/mol. The molecule has 1 aromatic carbocycles. The molecule has 1 fully saturated rings. The van der Waals surface area contributed by atoms with Crippen molar-refractivity contribution in [3.8, 4) is 34.0 Å². The van der Waals surface area contributed by atoms with Crippen molar-refractivity contribution in [3.05, 3.63) is 76.5 Å². The summed E-state index contributed by atoms with van der Waals surface area (Å²) in [4.78, 5) is 21.9. The summed E-state index contributed by atoms with van der Waals surface area (Å²) >= 11 is 0. The Hall–Kier alpha value is -3.58. The minimum Gasteiger partial charge on any atom is -0.354 e. The summed E-state index contributed by atoms with van der Waals surface area (Å²) in [5.41, 5.74) is 11.7. The summed E-state index contributed by atoms with van der Waals surface area (Å²) in [6, 6.07) is 13.5. The largest absolute Gasteiger partial charge is 0.354 e. The highest BCUT2D eigenvalue weighted by molar-refractivity contribution is 5.68. The van der Waals surface area contributed by atoms with Crippen molar-refractivity contribution in [3.63, 3.8) is 0 Å². The molecule has 5 rings (SSSR count). The first kappa shape index (κ1) is 22.2. The van der Waals surface area contributed by atoms with Gasteiger partial charge in [-0.25, -0.2) is 4.98 Å². The molecule has 0 saturated heterocycles. The smallest absolute Gasteiger partial charge is 0.250 e. The minimum atomic E-state index is -0.0631. The molecular formula is C27H33N5O2. The van der Waals surface area contributed by atoms with Gasteiger partial charge in [0.2, 0.25) is 0 Å². The van der Waals surface area contributed by atoms with Crippen molar-refractivity contribution >= 4 is 0 Å². The molecule has 4 aromatic rings. The first-order chi connectivity index (χ1) is 16.4. The van der Waals surface area contributed by atoms with Gasteiger partial charge in [0.25, 0.3) is 5.56 Å². The maximum atomic E-state index is 12.5. The van der Waals surface area contributed by atoms with Gasteiger partial charge in [0.15, 0.2) is 5.76 Å². The Morgan fingerprint density at radius 2 is 2.00 bits per heavy atom. The number of hydrogen-bond donors (Lipinski definition) is 1. The summed E-state index contributed by atoms with van der Waals surface area (Å²) in [5.74, 6) is 1.19. The molecule has 0 amide bonds. The molecule has 178 valence electrons. The third-order valence-corrected chi connectivity index (χ3v) is 6.70. The van der Waals surface area contributed by atoms with E-state index in [4.69, 9.17) is 15.2 Å². The van der Waals surface area contributed by atoms with Crippen LogP contribution in [0.4, 0.5) is 0 Å². The lowest BCUT2D eigenvalue weighted by molar-refractivity contribution is 0.433. The number of aromatic nitrogens is 4. The van der Waals surface area contributed by atoms with Crippen molar-refractivity contribution in [1.82, 2.24) is 19.7 Å². The first-order valence-electron chi connectivity index (χ1n) is 11.8. The monoisotopic (exact) mass is 459 g/mol. The Balaban J connectivity index is 0.00000180. The Morgan fingerprint density at radius 1 is 1.15 bits per heavy atom. The zero-order valence-electron chi connectivity index (χ0n) is 19.7. The Labute approximate surface area is 201 Å². The molecule has 3 atom stereocenters. The van der Waals surface area contributed by atoms with Crippen LogP contribution in [0.15, 0.2) is 64.2 Å². The van der Waals surface area contributed by atoms with Gasteiger partial charge < -0.3 is 14.8 Å². The van der Waals surface area contributed by atoms with Gasteiger partial charge in [-0.15, -0.1) is 0 Å². The van der Waals surface area contributed by atoms with Crippen molar-refractivity contribution in [2.75, 3.05) is 0 Å². The fraction of sp³-hybridized carbons (Fsp3) is 0.333. The van der Waals surface area contributed by atoms with Crippen molar-refractivity contribution in [2.45, 2.75) is 52.1 Å². The molecule has 3 unspecified atom stereocenters. The first-order valence-corrected chi connectivity index (χ1v) is 11.8. The van der Waals surface area contributed by atoms with E-state index in [2.05, 4.69) is 17.1 Å². The number of benzene rings is 1. The van der Waals surface area contributed by atoms with Crippen LogP contribution in [-0.4, -0.2) is 19.7 Å². The lowest BCUT2D eigenvalue weighted by Crippen LogP contribution is -2.22. The molecule has 0 aliphatic heterocycles. The predicted octanol–water partition coefficient (Wildman–Crippen LogP) is 5.81. The van der Waals surface area contributed by atoms with E-state index in [9.17, 15) is 4.79 Å². The molecule has 1 aliphatic rings. The number of nitrogens with zero attached hydrogens (tertiary/aromatic N) is 4. The van der Waals surface area contributed by atoms with Crippen molar-refractivity contribution in [2.24, 2.45) is 11.7 Å². The second kappa shape index (κ2) is 8.99. The molecule has 2 N–H and O–H groups in total. The molecular weight excluding hydrogens is 426 g/mol. The number of hydrogen-bond acceptors (Lipinski definition) is 6. The molecule has 0 bridgehead atoms. The fourth-order valence-corrected chi connectivity index (χ4v) is 4.70. The molecule has 7 nitrogen and oxygen atoms in total. The van der Waals surface area contributed by atoms with Crippen LogP contribution in [0.1, 0.15) is 59.3 Å². The van der Waals surface area contributed by atoms with E-state index < -0.39 is 0 Å². The highest BCUT2D eigenvalue weighted by Crippen LogP contribution is 2.34. The van der Waals surface area contributed by atoms with Crippen LogP contribution in [0.5, 0.6) is 0 Å². The Bertz CT molecular complexity index is 1400. The molecule has 3 aromatic heterocycles. The summed E-state index contributed by atoms with van der Waals surface area (Å²) in [6.45, 7) is 6.09. The molecule has 34 heavy (non-hydrogen) atoms. The van der Waals surface area contributed by atoms with Gasteiger partial charge in [0.05, 0.1) is 17.6 Å². The van der Waals surface area contributed by atoms with Crippen LogP contribution in [0.2, 0.25) is 0 Å². The SMILES string of the molecule is Cc1ncc(-c2ccc(=O)n(C3CCC(C)C3)c2)nc1-c1cc(-c2cccc(C(C)N)c2)no1.[HH].[HH]. The van der Waals surface area contributed by atoms with Crippen LogP contribution >= 0.6 is 0 Å². The van der Waals surface area contributed by atoms with Crippen LogP contribution in [0, 0.1) is 12.8 Å². The van der Waals surface area contributed by atoms with Gasteiger partial charge in [-0.05, 0) is 56.7 Å². The van der Waals surface area contributed by atoms with E-state index in [1.165, 1.54) is 0 Å². The summed E-state index contributed by atoms with van der Waals surface area (Å²) < 4.78 is 7.53. The van der Waals surface area contributed by atoms with Gasteiger partial charge in [-0.1, -0.05) is 30.3 Å². The topological polar surface area (TPSA) is 99.8 Å². The molecule has 0 radical (unpaired) electrons. The van der Waals surface area contributed by atoms with E-state index in [0.29, 0.717) is 28.8 Å². The zero-order valence-corrected chi connectivity index (χ0v) is 19.7.